The molecule has 0 amide bonds. The van der Waals surface area contributed by atoms with Crippen molar-refractivity contribution in [2.75, 3.05) is 6.61 Å². The first-order valence-corrected chi connectivity index (χ1v) is 8.90. The molecule has 124 valence electrons. The van der Waals surface area contributed by atoms with Crippen LogP contribution < -0.4 is 0 Å². The normalized spacial score (nSPS) is 14.0. The lowest BCUT2D eigenvalue weighted by atomic mass is 10.3. The van der Waals surface area contributed by atoms with Crippen LogP contribution in [0.1, 0.15) is 61.8 Å². The molecule has 0 aromatic rings. The highest BCUT2D eigenvalue weighted by Crippen LogP contribution is 2.47. The van der Waals surface area contributed by atoms with Crippen LogP contribution in [0.5, 0.6) is 0 Å². The Balaban J connectivity index is 5.06. The summed E-state index contributed by atoms with van der Waals surface area (Å²) in [6.45, 7) is 17.4. The largest absolute Gasteiger partial charge is 0.320 e. The Morgan fingerprint density at radius 1 is 0.905 bits per heavy atom. The van der Waals surface area contributed by atoms with Crippen LogP contribution in [0.4, 0.5) is 0 Å². The molecule has 0 saturated carbocycles. The summed E-state index contributed by atoms with van der Waals surface area (Å²) in [6.07, 6.45) is 0.385. The van der Waals surface area contributed by atoms with Gasteiger partial charge in [-0.05, 0) is 55.4 Å². The Kier molecular flexibility index (Phi) is 10.4. The lowest BCUT2D eigenvalue weighted by molar-refractivity contribution is -0.120. The molecular formula is C15H32N3O2P. The zero-order chi connectivity index (χ0) is 16.6. The molecule has 21 heavy (non-hydrogen) atoms. The van der Waals surface area contributed by atoms with Gasteiger partial charge in [0.05, 0.1) is 19.1 Å². The molecule has 0 rings (SSSR count). The third kappa shape index (κ3) is 7.54. The monoisotopic (exact) mass is 317 g/mol. The molecule has 0 aromatic heterocycles. The smallest absolute Gasteiger partial charge is 0.277 e. The standard InChI is InChI=1S/C15H32N3O2P/c1-12(2)17(13(3)4)20-21(19-11-9-10-16)18(14(5)6)15(7)8/h12-15H,9,11H2,1-8H3. The minimum atomic E-state index is -1.21. The summed E-state index contributed by atoms with van der Waals surface area (Å²) in [7, 11) is -1.21. The minimum Gasteiger partial charge on any atom is -0.320 e. The predicted octanol–water partition coefficient (Wildman–Crippen LogP) is 4.31. The number of hydroxylamine groups is 2. The first kappa shape index (κ1) is 20.8. The Bertz CT molecular complexity index is 301. The van der Waals surface area contributed by atoms with Gasteiger partial charge in [0.2, 0.25) is 0 Å². The lowest BCUT2D eigenvalue weighted by Crippen LogP contribution is -2.40. The molecule has 0 N–H and O–H groups in total. The Labute approximate surface area is 132 Å². The molecule has 0 spiro atoms. The van der Waals surface area contributed by atoms with Crippen LogP contribution in [0, 0.1) is 11.3 Å². The molecule has 0 saturated heterocycles. The molecule has 1 unspecified atom stereocenters. The van der Waals surface area contributed by atoms with Crippen molar-refractivity contribution in [3.63, 3.8) is 0 Å². The predicted molar refractivity (Wildman–Crippen MR) is 88.4 cm³/mol. The van der Waals surface area contributed by atoms with Gasteiger partial charge in [0.15, 0.2) is 0 Å². The van der Waals surface area contributed by atoms with Crippen molar-refractivity contribution in [2.24, 2.45) is 0 Å². The van der Waals surface area contributed by atoms with Gasteiger partial charge < -0.3 is 4.52 Å². The highest BCUT2D eigenvalue weighted by atomic mass is 31.2. The number of hydrogen-bond donors (Lipinski definition) is 0. The van der Waals surface area contributed by atoms with Gasteiger partial charge >= 0.3 is 0 Å². The fourth-order valence-corrected chi connectivity index (χ4v) is 3.95. The van der Waals surface area contributed by atoms with Crippen molar-refractivity contribution in [1.82, 2.24) is 9.73 Å². The Hall–Kier alpha value is -0.240. The van der Waals surface area contributed by atoms with Crippen molar-refractivity contribution in [1.29, 1.82) is 5.26 Å². The first-order chi connectivity index (χ1) is 9.72. The van der Waals surface area contributed by atoms with Crippen LogP contribution >= 0.6 is 8.53 Å². The van der Waals surface area contributed by atoms with E-state index in [1.165, 1.54) is 0 Å². The first-order valence-electron chi connectivity index (χ1n) is 7.77. The minimum absolute atomic E-state index is 0.274. The van der Waals surface area contributed by atoms with Crippen LogP contribution in [-0.4, -0.2) is 40.5 Å². The zero-order valence-electron chi connectivity index (χ0n) is 14.8. The van der Waals surface area contributed by atoms with Gasteiger partial charge in [0.25, 0.3) is 8.53 Å². The molecule has 1 atom stereocenters. The maximum Gasteiger partial charge on any atom is 0.277 e. The highest BCUT2D eigenvalue weighted by molar-refractivity contribution is 7.44. The van der Waals surface area contributed by atoms with Crippen molar-refractivity contribution >= 4 is 8.53 Å². The highest BCUT2D eigenvalue weighted by Gasteiger charge is 2.31. The van der Waals surface area contributed by atoms with E-state index in [4.69, 9.17) is 14.4 Å². The van der Waals surface area contributed by atoms with Crippen molar-refractivity contribution in [3.05, 3.63) is 0 Å². The molecular weight excluding hydrogens is 285 g/mol. The molecule has 0 aromatic carbocycles. The molecule has 5 nitrogen and oxygen atoms in total. The van der Waals surface area contributed by atoms with E-state index in [1.807, 2.05) is 5.06 Å². The molecule has 0 aliphatic heterocycles. The molecule has 0 radical (unpaired) electrons. The molecule has 0 bridgehead atoms. The Morgan fingerprint density at radius 3 is 1.71 bits per heavy atom. The van der Waals surface area contributed by atoms with E-state index in [1.54, 1.807) is 0 Å². The fraction of sp³-hybridized carbons (Fsp3) is 0.933. The second kappa shape index (κ2) is 10.5. The van der Waals surface area contributed by atoms with Crippen LogP contribution in [0.3, 0.4) is 0 Å². The van der Waals surface area contributed by atoms with Gasteiger partial charge in [0, 0.05) is 24.2 Å². The zero-order valence-corrected chi connectivity index (χ0v) is 15.7. The molecule has 0 fully saturated rings. The summed E-state index contributed by atoms with van der Waals surface area (Å²) in [5.41, 5.74) is 0. The van der Waals surface area contributed by atoms with E-state index in [-0.39, 0.29) is 12.1 Å². The van der Waals surface area contributed by atoms with Crippen LogP contribution in [0.2, 0.25) is 0 Å². The van der Waals surface area contributed by atoms with Gasteiger partial charge in [0.1, 0.15) is 0 Å². The number of nitrogens with zero attached hydrogens (tertiary/aromatic N) is 3. The van der Waals surface area contributed by atoms with Crippen LogP contribution in [0.15, 0.2) is 0 Å². The average Bonchev–Trinajstić information content (AvgIpc) is 2.33. The summed E-state index contributed by atoms with van der Waals surface area (Å²) >= 11 is 0. The quantitative estimate of drug-likeness (QED) is 0.341. The van der Waals surface area contributed by atoms with Crippen molar-refractivity contribution in [3.8, 4) is 6.07 Å². The summed E-state index contributed by atoms with van der Waals surface area (Å²) in [6, 6.07) is 3.30. The van der Waals surface area contributed by atoms with Gasteiger partial charge in [-0.15, -0.1) is 0 Å². The molecule has 6 heteroatoms. The Morgan fingerprint density at radius 2 is 1.38 bits per heavy atom. The third-order valence-electron chi connectivity index (χ3n) is 2.84. The third-order valence-corrected chi connectivity index (χ3v) is 4.88. The number of nitriles is 1. The molecule has 0 aliphatic carbocycles. The molecule has 0 aliphatic rings. The number of rotatable bonds is 10. The maximum atomic E-state index is 8.71. The SMILES string of the molecule is CC(C)N(OP(OCCC#N)N(C(C)C)C(C)C)C(C)C. The van der Waals surface area contributed by atoms with E-state index in [2.05, 4.69) is 66.1 Å². The van der Waals surface area contributed by atoms with E-state index >= 15 is 0 Å². The summed E-state index contributed by atoms with van der Waals surface area (Å²) in [5.74, 6) is 0. The van der Waals surface area contributed by atoms with Gasteiger partial charge in [-0.1, -0.05) is 0 Å². The van der Waals surface area contributed by atoms with Crippen molar-refractivity contribution in [2.45, 2.75) is 86.0 Å². The lowest BCUT2D eigenvalue weighted by Gasteiger charge is -2.39. The summed E-state index contributed by atoms with van der Waals surface area (Å²) in [5, 5.41) is 10.7. The second-order valence-corrected chi connectivity index (χ2v) is 7.53. The second-order valence-electron chi connectivity index (χ2n) is 6.18. The van der Waals surface area contributed by atoms with E-state index < -0.39 is 8.53 Å². The van der Waals surface area contributed by atoms with E-state index in [0.717, 1.165) is 0 Å². The topological polar surface area (TPSA) is 48.7 Å². The molecule has 0 heterocycles. The van der Waals surface area contributed by atoms with Crippen LogP contribution in [-0.2, 0) is 9.15 Å². The fourth-order valence-electron chi connectivity index (χ4n) is 2.14. The van der Waals surface area contributed by atoms with E-state index in [0.29, 0.717) is 25.1 Å². The maximum absolute atomic E-state index is 8.71. The number of hydrogen-bond acceptors (Lipinski definition) is 5. The van der Waals surface area contributed by atoms with Crippen LogP contribution in [0.25, 0.3) is 0 Å². The van der Waals surface area contributed by atoms with Gasteiger partial charge in [-0.3, -0.25) is 0 Å². The van der Waals surface area contributed by atoms with Gasteiger partial charge in [-0.25, -0.2) is 9.29 Å². The van der Waals surface area contributed by atoms with Crippen molar-refractivity contribution < 1.29 is 9.15 Å². The average molecular weight is 317 g/mol. The summed E-state index contributed by atoms with van der Waals surface area (Å²) < 4.78 is 14.3. The van der Waals surface area contributed by atoms with Gasteiger partial charge in [-0.2, -0.15) is 10.3 Å². The summed E-state index contributed by atoms with van der Waals surface area (Å²) in [4.78, 5) is 0. The van der Waals surface area contributed by atoms with E-state index in [9.17, 15) is 0 Å².